The largest absolute Gasteiger partial charge is 0.343 e. The summed E-state index contributed by atoms with van der Waals surface area (Å²) >= 11 is 12.0. The lowest BCUT2D eigenvalue weighted by atomic mass is 9.81. The third-order valence-corrected chi connectivity index (χ3v) is 4.65. The summed E-state index contributed by atoms with van der Waals surface area (Å²) in [6.45, 7) is 1.46. The molecule has 2 N–H and O–H groups in total. The maximum Gasteiger partial charge on any atom is 0.236 e. The minimum absolute atomic E-state index is 0.0757. The second-order valence-corrected chi connectivity index (χ2v) is 6.13. The van der Waals surface area contributed by atoms with Crippen molar-refractivity contribution < 1.29 is 9.59 Å². The van der Waals surface area contributed by atoms with E-state index in [4.69, 9.17) is 23.2 Å². The maximum absolute atomic E-state index is 12.7. The molecule has 0 aliphatic carbocycles. The molecule has 2 heterocycles. The number of Topliss-reactive ketones (excluding diaryl/α,β-unsaturated/α-hetero) is 1. The van der Waals surface area contributed by atoms with Crippen molar-refractivity contribution in [1.82, 2.24) is 10.6 Å². The Hall–Kier alpha value is -1.10. The zero-order valence-corrected chi connectivity index (χ0v) is 12.2. The number of nitrogens with one attached hydrogen (secondary N) is 2. The third-order valence-electron chi connectivity index (χ3n) is 4.09. The predicted octanol–water partition coefficient (Wildman–Crippen LogP) is 1.90. The van der Waals surface area contributed by atoms with E-state index >= 15 is 0 Å². The van der Waals surface area contributed by atoms with Gasteiger partial charge in [0.1, 0.15) is 11.5 Å². The number of carbonyl (C=O) groups excluding carboxylic acids is 2. The number of ketones is 1. The third kappa shape index (κ3) is 2.12. The van der Waals surface area contributed by atoms with Crippen molar-refractivity contribution in [1.29, 1.82) is 0 Å². The van der Waals surface area contributed by atoms with Gasteiger partial charge < -0.3 is 10.6 Å². The first-order chi connectivity index (χ1) is 9.53. The van der Waals surface area contributed by atoms with Crippen LogP contribution in [0, 0.1) is 0 Å². The Balaban J connectivity index is 1.98. The average molecular weight is 313 g/mol. The van der Waals surface area contributed by atoms with Gasteiger partial charge in [-0.15, -0.1) is 0 Å². The molecule has 1 aromatic carbocycles. The molecular formula is C14H14Cl2N2O2. The molecule has 2 saturated heterocycles. The molecule has 4 nitrogen and oxygen atoms in total. The van der Waals surface area contributed by atoms with Crippen LogP contribution in [0.1, 0.15) is 24.3 Å². The first kappa shape index (κ1) is 13.9. The van der Waals surface area contributed by atoms with Crippen molar-refractivity contribution in [2.75, 3.05) is 13.1 Å². The van der Waals surface area contributed by atoms with E-state index in [0.29, 0.717) is 28.5 Å². The molecular weight excluding hydrogens is 299 g/mol. The van der Waals surface area contributed by atoms with Crippen LogP contribution in [0.4, 0.5) is 0 Å². The van der Waals surface area contributed by atoms with Crippen LogP contribution in [0.5, 0.6) is 0 Å². The van der Waals surface area contributed by atoms with E-state index in [1.165, 1.54) is 0 Å². The van der Waals surface area contributed by atoms with Gasteiger partial charge >= 0.3 is 0 Å². The highest BCUT2D eigenvalue weighted by Crippen LogP contribution is 2.38. The van der Waals surface area contributed by atoms with Gasteiger partial charge in [0.15, 0.2) is 5.78 Å². The first-order valence-corrected chi connectivity index (χ1v) is 7.31. The summed E-state index contributed by atoms with van der Waals surface area (Å²) in [7, 11) is 0. The van der Waals surface area contributed by atoms with Gasteiger partial charge in [-0.2, -0.15) is 0 Å². The van der Waals surface area contributed by atoms with Crippen molar-refractivity contribution in [2.24, 2.45) is 0 Å². The van der Waals surface area contributed by atoms with Crippen LogP contribution in [0.15, 0.2) is 18.2 Å². The molecule has 6 heteroatoms. The van der Waals surface area contributed by atoms with Gasteiger partial charge in [0.2, 0.25) is 5.91 Å². The lowest BCUT2D eigenvalue weighted by Gasteiger charge is -2.32. The number of benzene rings is 1. The van der Waals surface area contributed by atoms with Gasteiger partial charge in [-0.25, -0.2) is 0 Å². The maximum atomic E-state index is 12.7. The zero-order chi connectivity index (χ0) is 14.3. The molecule has 0 saturated carbocycles. The highest BCUT2D eigenvalue weighted by atomic mass is 35.5. The Morgan fingerprint density at radius 3 is 2.50 bits per heavy atom. The molecule has 106 valence electrons. The molecule has 3 rings (SSSR count). The number of carbonyl (C=O) groups is 2. The van der Waals surface area contributed by atoms with Crippen molar-refractivity contribution in [2.45, 2.75) is 24.3 Å². The summed E-state index contributed by atoms with van der Waals surface area (Å²) in [5.74, 6) is -1.16. The van der Waals surface area contributed by atoms with Gasteiger partial charge in [0.25, 0.3) is 0 Å². The summed E-state index contributed by atoms with van der Waals surface area (Å²) in [5.41, 5.74) is -0.190. The first-order valence-electron chi connectivity index (χ1n) is 6.55. The van der Waals surface area contributed by atoms with Crippen molar-refractivity contribution in [3.8, 4) is 0 Å². The molecule has 0 aromatic heterocycles. The molecule has 1 unspecified atom stereocenters. The van der Waals surface area contributed by atoms with Crippen molar-refractivity contribution >= 4 is 34.9 Å². The van der Waals surface area contributed by atoms with Gasteiger partial charge in [-0.1, -0.05) is 29.3 Å². The number of piperidine rings is 1. The Kier molecular flexibility index (Phi) is 3.48. The van der Waals surface area contributed by atoms with Crippen LogP contribution in [0.2, 0.25) is 10.0 Å². The molecule has 0 bridgehead atoms. The normalized spacial score (nSPS) is 25.0. The van der Waals surface area contributed by atoms with E-state index in [0.717, 1.165) is 13.1 Å². The Morgan fingerprint density at radius 2 is 1.85 bits per heavy atom. The SMILES string of the molecule is O=C1NC2(CCNCC2)C(=O)C1c1ccc(Cl)cc1Cl. The van der Waals surface area contributed by atoms with Crippen molar-refractivity contribution in [3.63, 3.8) is 0 Å². The second kappa shape index (κ2) is 5.02. The van der Waals surface area contributed by atoms with Gasteiger partial charge in [-0.3, -0.25) is 9.59 Å². The average Bonchev–Trinajstić information content (AvgIpc) is 2.63. The monoisotopic (exact) mass is 312 g/mol. The molecule has 20 heavy (non-hydrogen) atoms. The Morgan fingerprint density at radius 1 is 1.15 bits per heavy atom. The van der Waals surface area contributed by atoms with Crippen LogP contribution in [-0.4, -0.2) is 30.3 Å². The standard InChI is InChI=1S/C14H14Cl2N2O2/c15-8-1-2-9(10(16)7-8)11-12(19)14(18-13(11)20)3-5-17-6-4-14/h1-2,7,11,17H,3-6H2,(H,18,20). The highest BCUT2D eigenvalue weighted by molar-refractivity contribution is 6.36. The van der Waals surface area contributed by atoms with Crippen LogP contribution in [-0.2, 0) is 9.59 Å². The van der Waals surface area contributed by atoms with Gasteiger partial charge in [0.05, 0.1) is 0 Å². The van der Waals surface area contributed by atoms with E-state index < -0.39 is 11.5 Å². The van der Waals surface area contributed by atoms with Crippen molar-refractivity contribution in [3.05, 3.63) is 33.8 Å². The quantitative estimate of drug-likeness (QED) is 0.779. The summed E-state index contributed by atoms with van der Waals surface area (Å²) in [5, 5.41) is 6.93. The number of amides is 1. The minimum Gasteiger partial charge on any atom is -0.343 e. The molecule has 2 aliphatic rings. The van der Waals surface area contributed by atoms with E-state index in [-0.39, 0.29) is 11.7 Å². The molecule has 1 aromatic rings. The number of halogens is 2. The summed E-state index contributed by atoms with van der Waals surface area (Å²) in [6, 6.07) is 4.87. The molecule has 1 atom stereocenters. The number of hydrogen-bond donors (Lipinski definition) is 2. The molecule has 2 aliphatic heterocycles. The van der Waals surface area contributed by atoms with E-state index in [1.807, 2.05) is 0 Å². The fourth-order valence-electron chi connectivity index (χ4n) is 3.01. The van der Waals surface area contributed by atoms with Crippen LogP contribution >= 0.6 is 23.2 Å². The summed E-state index contributed by atoms with van der Waals surface area (Å²) in [4.78, 5) is 25.0. The molecule has 2 fully saturated rings. The fraction of sp³-hybridized carbons (Fsp3) is 0.429. The minimum atomic E-state index is -0.821. The van der Waals surface area contributed by atoms with Crippen LogP contribution in [0.25, 0.3) is 0 Å². The Bertz CT molecular complexity index is 583. The Labute approximate surface area is 126 Å². The highest BCUT2D eigenvalue weighted by Gasteiger charge is 2.53. The molecule has 1 amide bonds. The summed E-state index contributed by atoms with van der Waals surface area (Å²) < 4.78 is 0. The lowest BCUT2D eigenvalue weighted by molar-refractivity contribution is -0.125. The molecule has 1 spiro atoms. The topological polar surface area (TPSA) is 58.2 Å². The van der Waals surface area contributed by atoms with Crippen LogP contribution in [0.3, 0.4) is 0 Å². The van der Waals surface area contributed by atoms with E-state index in [1.54, 1.807) is 18.2 Å². The van der Waals surface area contributed by atoms with E-state index in [9.17, 15) is 9.59 Å². The van der Waals surface area contributed by atoms with Gasteiger partial charge in [0, 0.05) is 10.0 Å². The fourth-order valence-corrected chi connectivity index (χ4v) is 3.53. The number of hydrogen-bond acceptors (Lipinski definition) is 3. The van der Waals surface area contributed by atoms with Crippen LogP contribution < -0.4 is 10.6 Å². The number of rotatable bonds is 1. The predicted molar refractivity (Wildman–Crippen MR) is 77.2 cm³/mol. The lowest BCUT2D eigenvalue weighted by Crippen LogP contribution is -2.53. The summed E-state index contributed by atoms with van der Waals surface area (Å²) in [6.07, 6.45) is 1.25. The van der Waals surface area contributed by atoms with Gasteiger partial charge in [-0.05, 0) is 43.6 Å². The molecule has 0 radical (unpaired) electrons. The zero-order valence-electron chi connectivity index (χ0n) is 10.7. The van der Waals surface area contributed by atoms with E-state index in [2.05, 4.69) is 10.6 Å². The second-order valence-electron chi connectivity index (χ2n) is 5.28. The smallest absolute Gasteiger partial charge is 0.236 e.